The first-order chi connectivity index (χ1) is 5.99. The fraction of sp³-hybridized carbons (Fsp3) is 0.667. The molecule has 1 saturated carbocycles. The highest BCUT2D eigenvalue weighted by Gasteiger charge is 2.46. The molecule has 3 N–H and O–H groups in total. The molecule has 3 atom stereocenters. The lowest BCUT2D eigenvalue weighted by Gasteiger charge is -2.34. The van der Waals surface area contributed by atoms with Gasteiger partial charge in [-0.25, -0.2) is 4.79 Å². The lowest BCUT2D eigenvalue weighted by atomic mass is 9.80. The van der Waals surface area contributed by atoms with Crippen LogP contribution in [0, 0.1) is 5.92 Å². The Morgan fingerprint density at radius 3 is 3.08 bits per heavy atom. The van der Waals surface area contributed by atoms with E-state index in [0.29, 0.717) is 24.8 Å². The fourth-order valence-corrected chi connectivity index (χ4v) is 2.07. The van der Waals surface area contributed by atoms with E-state index in [2.05, 4.69) is 6.58 Å². The minimum atomic E-state index is -1.17. The summed E-state index contributed by atoms with van der Waals surface area (Å²) in [5.74, 6) is -0.274. The number of esters is 1. The van der Waals surface area contributed by atoms with Crippen molar-refractivity contribution in [3.63, 3.8) is 0 Å². The number of hydrogen-bond acceptors (Lipinski definition) is 4. The number of hydrogen-bond donors (Lipinski definition) is 2. The van der Waals surface area contributed by atoms with E-state index in [9.17, 15) is 9.90 Å². The smallest absolute Gasteiger partial charge is 0.334 e. The molecule has 4 nitrogen and oxygen atoms in total. The predicted octanol–water partition coefficient (Wildman–Crippen LogP) is -0.0846. The number of carbonyl (C=O) groups excluding carboxylic acids is 1. The van der Waals surface area contributed by atoms with Crippen molar-refractivity contribution in [2.24, 2.45) is 11.7 Å². The molecule has 0 amide bonds. The molecule has 72 valence electrons. The molecule has 3 unspecified atom stereocenters. The highest BCUT2D eigenvalue weighted by atomic mass is 16.6. The van der Waals surface area contributed by atoms with Crippen molar-refractivity contribution < 1.29 is 14.6 Å². The Morgan fingerprint density at radius 1 is 1.69 bits per heavy atom. The summed E-state index contributed by atoms with van der Waals surface area (Å²) in [5, 5.41) is 9.55. The Balaban J connectivity index is 2.16. The van der Waals surface area contributed by atoms with Crippen LogP contribution in [0.2, 0.25) is 0 Å². The summed E-state index contributed by atoms with van der Waals surface area (Å²) in [7, 11) is 0. The maximum absolute atomic E-state index is 11.1. The first-order valence-corrected chi connectivity index (χ1v) is 4.41. The van der Waals surface area contributed by atoms with Crippen molar-refractivity contribution in [3.8, 4) is 0 Å². The molecule has 1 aliphatic carbocycles. The van der Waals surface area contributed by atoms with E-state index >= 15 is 0 Å². The molecule has 0 aromatic carbocycles. The Morgan fingerprint density at radius 2 is 2.38 bits per heavy atom. The van der Waals surface area contributed by atoms with Gasteiger partial charge in [0.05, 0.1) is 0 Å². The van der Waals surface area contributed by atoms with Gasteiger partial charge in [-0.1, -0.05) is 6.58 Å². The van der Waals surface area contributed by atoms with Gasteiger partial charge in [-0.2, -0.15) is 0 Å². The topological polar surface area (TPSA) is 72.5 Å². The van der Waals surface area contributed by atoms with Gasteiger partial charge in [-0.3, -0.25) is 0 Å². The molecule has 13 heavy (non-hydrogen) atoms. The number of ether oxygens (including phenoxy) is 1. The van der Waals surface area contributed by atoms with Gasteiger partial charge in [0.1, 0.15) is 11.8 Å². The second-order valence-electron chi connectivity index (χ2n) is 3.92. The molecule has 4 heteroatoms. The van der Waals surface area contributed by atoms with Crippen molar-refractivity contribution >= 4 is 5.97 Å². The molecule has 2 rings (SSSR count). The van der Waals surface area contributed by atoms with E-state index in [4.69, 9.17) is 10.5 Å². The second kappa shape index (κ2) is 2.56. The lowest BCUT2D eigenvalue weighted by molar-refractivity contribution is -0.143. The zero-order valence-electron chi connectivity index (χ0n) is 7.32. The van der Waals surface area contributed by atoms with Crippen molar-refractivity contribution in [2.45, 2.75) is 31.1 Å². The number of carbonyl (C=O) groups is 1. The van der Waals surface area contributed by atoms with Gasteiger partial charge in [0.25, 0.3) is 0 Å². The molecule has 1 saturated heterocycles. The van der Waals surface area contributed by atoms with Crippen LogP contribution in [-0.2, 0) is 9.53 Å². The van der Waals surface area contributed by atoms with Crippen molar-refractivity contribution in [2.75, 3.05) is 0 Å². The van der Waals surface area contributed by atoms with Crippen LogP contribution >= 0.6 is 0 Å². The Kier molecular flexibility index (Phi) is 1.72. The third-order valence-corrected chi connectivity index (χ3v) is 2.86. The summed E-state index contributed by atoms with van der Waals surface area (Å²) >= 11 is 0. The monoisotopic (exact) mass is 183 g/mol. The Hall–Kier alpha value is -0.870. The van der Waals surface area contributed by atoms with Gasteiger partial charge in [-0.05, 0) is 12.8 Å². The number of nitrogens with two attached hydrogens (primary N) is 1. The molecule has 0 aromatic heterocycles. The van der Waals surface area contributed by atoms with Crippen molar-refractivity contribution in [1.82, 2.24) is 0 Å². The van der Waals surface area contributed by atoms with Gasteiger partial charge >= 0.3 is 5.97 Å². The largest absolute Gasteiger partial charge is 0.458 e. The first kappa shape index (κ1) is 8.72. The van der Waals surface area contributed by atoms with Crippen LogP contribution < -0.4 is 5.73 Å². The molecule has 0 radical (unpaired) electrons. The normalized spacial score (nSPS) is 44.5. The maximum Gasteiger partial charge on any atom is 0.334 e. The second-order valence-corrected chi connectivity index (χ2v) is 3.92. The maximum atomic E-state index is 11.1. The average molecular weight is 183 g/mol. The minimum Gasteiger partial charge on any atom is -0.458 e. The molecule has 1 aliphatic heterocycles. The van der Waals surface area contributed by atoms with E-state index in [1.165, 1.54) is 0 Å². The molecule has 2 aliphatic rings. The van der Waals surface area contributed by atoms with Crippen LogP contribution in [0.3, 0.4) is 0 Å². The summed E-state index contributed by atoms with van der Waals surface area (Å²) in [6.45, 7) is 3.67. The quantitative estimate of drug-likeness (QED) is 0.313. The van der Waals surface area contributed by atoms with Crippen molar-refractivity contribution in [3.05, 3.63) is 12.2 Å². The molecule has 0 spiro atoms. The summed E-state index contributed by atoms with van der Waals surface area (Å²) < 4.78 is 5.03. The van der Waals surface area contributed by atoms with E-state index in [1.807, 2.05) is 0 Å². The summed E-state index contributed by atoms with van der Waals surface area (Å²) in [5.41, 5.74) is 4.91. The summed E-state index contributed by atoms with van der Waals surface area (Å²) in [6, 6.07) is 0. The van der Waals surface area contributed by atoms with Crippen LogP contribution in [0.15, 0.2) is 12.2 Å². The molecule has 1 heterocycles. The highest BCUT2D eigenvalue weighted by Crippen LogP contribution is 2.39. The Labute approximate surface area is 76.4 Å². The summed E-state index contributed by atoms with van der Waals surface area (Å²) in [6.07, 6.45) is 1.25. The van der Waals surface area contributed by atoms with Crippen LogP contribution in [0.4, 0.5) is 0 Å². The van der Waals surface area contributed by atoms with Crippen LogP contribution in [-0.4, -0.2) is 22.9 Å². The van der Waals surface area contributed by atoms with Gasteiger partial charge in [0.2, 0.25) is 0 Å². The van der Waals surface area contributed by atoms with E-state index < -0.39 is 5.72 Å². The molecule has 0 bridgehead atoms. The van der Waals surface area contributed by atoms with Crippen molar-refractivity contribution in [1.29, 1.82) is 0 Å². The fourth-order valence-electron chi connectivity index (χ4n) is 2.07. The zero-order valence-corrected chi connectivity index (χ0v) is 7.32. The number of aliphatic hydroxyl groups is 1. The third kappa shape index (κ3) is 1.36. The number of rotatable bonds is 0. The summed E-state index contributed by atoms with van der Waals surface area (Å²) in [4.78, 5) is 11.1. The molecular weight excluding hydrogens is 170 g/mol. The van der Waals surface area contributed by atoms with Gasteiger partial charge in [-0.15, -0.1) is 0 Å². The van der Waals surface area contributed by atoms with Crippen LogP contribution in [0.1, 0.15) is 19.3 Å². The average Bonchev–Trinajstić information content (AvgIpc) is 2.25. The van der Waals surface area contributed by atoms with Crippen LogP contribution in [0.25, 0.3) is 0 Å². The molecular formula is C9H13NO3. The standard InChI is InChI=1S/C9H13NO3/c1-5-6-2-3-9(10,12)4-7(6)13-8(5)11/h6-7,12H,1-4,10H2. The minimum absolute atomic E-state index is 0.0660. The first-order valence-electron chi connectivity index (χ1n) is 4.41. The van der Waals surface area contributed by atoms with E-state index in [-0.39, 0.29) is 18.0 Å². The van der Waals surface area contributed by atoms with E-state index in [1.54, 1.807) is 0 Å². The predicted molar refractivity (Wildman–Crippen MR) is 45.5 cm³/mol. The van der Waals surface area contributed by atoms with E-state index in [0.717, 1.165) is 0 Å². The zero-order chi connectivity index (χ0) is 9.64. The SMILES string of the molecule is C=C1C(=O)OC2CC(N)(O)CCC12. The third-order valence-electron chi connectivity index (χ3n) is 2.86. The number of fused-ring (bicyclic) bond motifs is 1. The Bertz CT molecular complexity index is 272. The lowest BCUT2D eigenvalue weighted by Crippen LogP contribution is -2.47. The van der Waals surface area contributed by atoms with Gasteiger partial charge < -0.3 is 15.6 Å². The highest BCUT2D eigenvalue weighted by molar-refractivity contribution is 5.90. The van der Waals surface area contributed by atoms with Gasteiger partial charge in [0, 0.05) is 17.9 Å². The molecule has 0 aromatic rings. The van der Waals surface area contributed by atoms with Crippen LogP contribution in [0.5, 0.6) is 0 Å². The van der Waals surface area contributed by atoms with Gasteiger partial charge in [0.15, 0.2) is 0 Å². The molecule has 2 fully saturated rings.